The summed E-state index contributed by atoms with van der Waals surface area (Å²) in [6.45, 7) is 2.89. The number of carbonyl (C=O) groups is 1. The van der Waals surface area contributed by atoms with E-state index in [1.807, 2.05) is 19.3 Å². The summed E-state index contributed by atoms with van der Waals surface area (Å²) in [5.74, 6) is 1.45. The normalized spacial score (nSPS) is 15.4. The molecule has 0 aliphatic heterocycles. The van der Waals surface area contributed by atoms with Crippen LogP contribution in [0.4, 0.5) is 0 Å². The molecule has 1 aliphatic carbocycles. The number of aromatic nitrogens is 4. The maximum absolute atomic E-state index is 12.2. The van der Waals surface area contributed by atoms with Crippen LogP contribution < -0.4 is 5.32 Å². The van der Waals surface area contributed by atoms with Crippen LogP contribution in [0.1, 0.15) is 50.5 Å². The molecule has 2 aromatic rings. The average Bonchev–Trinajstić information content (AvgIpc) is 3.20. The van der Waals surface area contributed by atoms with Crippen molar-refractivity contribution < 1.29 is 4.79 Å². The topological polar surface area (TPSA) is 64.7 Å². The van der Waals surface area contributed by atoms with E-state index in [1.54, 1.807) is 0 Å². The smallest absolute Gasteiger partial charge is 0.230 e. The molecule has 1 aliphatic rings. The second-order valence-corrected chi connectivity index (χ2v) is 7.56. The van der Waals surface area contributed by atoms with Gasteiger partial charge in [0.05, 0.1) is 5.75 Å². The Bertz CT molecular complexity index is 702. The van der Waals surface area contributed by atoms with E-state index in [9.17, 15) is 4.79 Å². The van der Waals surface area contributed by atoms with Crippen LogP contribution in [-0.4, -0.2) is 37.0 Å². The minimum absolute atomic E-state index is 0.103. The van der Waals surface area contributed by atoms with E-state index in [2.05, 4.69) is 37.6 Å². The zero-order valence-corrected chi connectivity index (χ0v) is 15.9. The predicted octanol–water partition coefficient (Wildman–Crippen LogP) is 2.77. The molecule has 0 spiro atoms. The average molecular weight is 362 g/mol. The molecular formula is C18H27N5OS. The molecule has 0 saturated heterocycles. The molecule has 0 atom stereocenters. The monoisotopic (exact) mass is 361 g/mol. The summed E-state index contributed by atoms with van der Waals surface area (Å²) in [6.07, 6.45) is 8.76. The SMILES string of the molecule is CCn1c(Cc2cccn2C)nnc1SCC(=O)NC1CCCCC1. The van der Waals surface area contributed by atoms with Gasteiger partial charge in [-0.3, -0.25) is 4.79 Å². The molecule has 25 heavy (non-hydrogen) atoms. The molecule has 0 radical (unpaired) electrons. The highest BCUT2D eigenvalue weighted by Crippen LogP contribution is 2.20. The Labute approximate surface area is 153 Å². The lowest BCUT2D eigenvalue weighted by Crippen LogP contribution is -2.37. The third-order valence-corrected chi connectivity index (χ3v) is 5.77. The van der Waals surface area contributed by atoms with E-state index in [0.717, 1.165) is 36.8 Å². The summed E-state index contributed by atoms with van der Waals surface area (Å²) < 4.78 is 4.20. The maximum atomic E-state index is 12.2. The van der Waals surface area contributed by atoms with Crippen LogP contribution in [-0.2, 0) is 24.8 Å². The van der Waals surface area contributed by atoms with Crippen LogP contribution in [0.3, 0.4) is 0 Å². The Hall–Kier alpha value is -1.76. The molecule has 1 saturated carbocycles. The van der Waals surface area contributed by atoms with Gasteiger partial charge in [-0.2, -0.15) is 0 Å². The number of aryl methyl sites for hydroxylation is 1. The van der Waals surface area contributed by atoms with Gasteiger partial charge >= 0.3 is 0 Å². The molecular weight excluding hydrogens is 334 g/mol. The van der Waals surface area contributed by atoms with Crippen molar-refractivity contribution in [3.8, 4) is 0 Å². The van der Waals surface area contributed by atoms with E-state index in [0.29, 0.717) is 11.8 Å². The molecule has 1 amide bonds. The molecule has 0 unspecified atom stereocenters. The summed E-state index contributed by atoms with van der Waals surface area (Å²) >= 11 is 1.48. The first-order valence-corrected chi connectivity index (χ1v) is 10.1. The lowest BCUT2D eigenvalue weighted by molar-refractivity contribution is -0.119. The van der Waals surface area contributed by atoms with Crippen LogP contribution in [0.15, 0.2) is 23.5 Å². The molecule has 1 fully saturated rings. The van der Waals surface area contributed by atoms with E-state index < -0.39 is 0 Å². The summed E-state index contributed by atoms with van der Waals surface area (Å²) in [5, 5.41) is 12.6. The molecule has 0 bridgehead atoms. The fourth-order valence-corrected chi connectivity index (χ4v) is 4.20. The molecule has 1 N–H and O–H groups in total. The van der Waals surface area contributed by atoms with Crippen LogP contribution in [0.2, 0.25) is 0 Å². The van der Waals surface area contributed by atoms with Crippen molar-refractivity contribution in [2.24, 2.45) is 7.05 Å². The van der Waals surface area contributed by atoms with Crippen molar-refractivity contribution in [1.82, 2.24) is 24.6 Å². The second-order valence-electron chi connectivity index (χ2n) is 6.62. The molecule has 6 nitrogen and oxygen atoms in total. The lowest BCUT2D eigenvalue weighted by atomic mass is 9.95. The van der Waals surface area contributed by atoms with Crippen LogP contribution in [0.25, 0.3) is 0 Å². The quantitative estimate of drug-likeness (QED) is 0.770. The van der Waals surface area contributed by atoms with Gasteiger partial charge in [0, 0.05) is 37.9 Å². The second kappa shape index (κ2) is 8.56. The first-order chi connectivity index (χ1) is 12.2. The molecule has 136 valence electrons. The standard InChI is InChI=1S/C18H27N5OS/c1-3-23-16(12-15-10-7-11-22(15)2)20-21-18(23)25-13-17(24)19-14-8-5-4-6-9-14/h7,10-11,14H,3-6,8-9,12-13H2,1-2H3,(H,19,24). The van der Waals surface area contributed by atoms with Crippen LogP contribution in [0, 0.1) is 0 Å². The first kappa shape index (κ1) is 18.0. The lowest BCUT2D eigenvalue weighted by Gasteiger charge is -2.22. The molecule has 3 rings (SSSR count). The highest BCUT2D eigenvalue weighted by atomic mass is 32.2. The van der Waals surface area contributed by atoms with Crippen molar-refractivity contribution in [3.63, 3.8) is 0 Å². The van der Waals surface area contributed by atoms with Gasteiger partial charge in [-0.1, -0.05) is 31.0 Å². The predicted molar refractivity (Wildman–Crippen MR) is 99.7 cm³/mol. The number of carbonyl (C=O) groups excluding carboxylic acids is 1. The Morgan fingerprint density at radius 2 is 2.12 bits per heavy atom. The first-order valence-electron chi connectivity index (χ1n) is 9.11. The Morgan fingerprint density at radius 3 is 2.80 bits per heavy atom. The summed E-state index contributed by atoms with van der Waals surface area (Å²) in [6, 6.07) is 4.49. The summed E-state index contributed by atoms with van der Waals surface area (Å²) in [4.78, 5) is 12.2. The number of rotatable bonds is 7. The van der Waals surface area contributed by atoms with Gasteiger partial charge in [0.25, 0.3) is 0 Å². The van der Waals surface area contributed by atoms with Gasteiger partial charge in [-0.25, -0.2) is 0 Å². The maximum Gasteiger partial charge on any atom is 0.230 e. The highest BCUT2D eigenvalue weighted by Gasteiger charge is 2.18. The number of amides is 1. The Morgan fingerprint density at radius 1 is 1.32 bits per heavy atom. The molecule has 7 heteroatoms. The fraction of sp³-hybridized carbons (Fsp3) is 0.611. The van der Waals surface area contributed by atoms with Crippen molar-refractivity contribution in [2.75, 3.05) is 5.75 Å². The number of hydrogen-bond donors (Lipinski definition) is 1. The summed E-state index contributed by atoms with van der Waals surface area (Å²) in [7, 11) is 2.03. The summed E-state index contributed by atoms with van der Waals surface area (Å²) in [5.41, 5.74) is 1.20. The van der Waals surface area contributed by atoms with Gasteiger partial charge in [0.2, 0.25) is 5.91 Å². The Balaban J connectivity index is 1.57. The fourth-order valence-electron chi connectivity index (χ4n) is 3.36. The van der Waals surface area contributed by atoms with E-state index in [1.165, 1.54) is 36.7 Å². The number of hydrogen-bond acceptors (Lipinski definition) is 4. The number of nitrogens with zero attached hydrogens (tertiary/aromatic N) is 4. The zero-order chi connectivity index (χ0) is 17.6. The van der Waals surface area contributed by atoms with Crippen LogP contribution in [0.5, 0.6) is 0 Å². The zero-order valence-electron chi connectivity index (χ0n) is 15.1. The molecule has 2 heterocycles. The van der Waals surface area contributed by atoms with Crippen molar-refractivity contribution in [1.29, 1.82) is 0 Å². The minimum Gasteiger partial charge on any atom is -0.354 e. The largest absolute Gasteiger partial charge is 0.354 e. The van der Waals surface area contributed by atoms with Crippen molar-refractivity contribution in [2.45, 2.75) is 63.2 Å². The van der Waals surface area contributed by atoms with Crippen LogP contribution >= 0.6 is 11.8 Å². The van der Waals surface area contributed by atoms with Gasteiger partial charge in [-0.15, -0.1) is 10.2 Å². The van der Waals surface area contributed by atoms with Gasteiger partial charge in [0.15, 0.2) is 5.16 Å². The van der Waals surface area contributed by atoms with Gasteiger partial charge in [0.1, 0.15) is 5.82 Å². The van der Waals surface area contributed by atoms with Gasteiger partial charge < -0.3 is 14.5 Å². The third-order valence-electron chi connectivity index (χ3n) is 4.80. The highest BCUT2D eigenvalue weighted by molar-refractivity contribution is 7.99. The van der Waals surface area contributed by atoms with Crippen molar-refractivity contribution >= 4 is 17.7 Å². The number of thioether (sulfide) groups is 1. The van der Waals surface area contributed by atoms with E-state index >= 15 is 0 Å². The van der Waals surface area contributed by atoms with Crippen molar-refractivity contribution in [3.05, 3.63) is 29.8 Å². The van der Waals surface area contributed by atoms with E-state index in [-0.39, 0.29) is 5.91 Å². The number of nitrogens with one attached hydrogen (secondary N) is 1. The third kappa shape index (κ3) is 4.66. The molecule has 2 aromatic heterocycles. The van der Waals surface area contributed by atoms with Gasteiger partial charge in [-0.05, 0) is 31.9 Å². The molecule has 0 aromatic carbocycles. The minimum atomic E-state index is 0.103. The Kier molecular flexibility index (Phi) is 6.18. The van der Waals surface area contributed by atoms with E-state index in [4.69, 9.17) is 0 Å².